The first-order valence-electron chi connectivity index (χ1n) is 8.09. The first-order valence-corrected chi connectivity index (χ1v) is 10.0. The Kier molecular flexibility index (Phi) is 8.86. The molecular weight excluding hydrogens is 420 g/mol. The number of thiocarbonyl (C=S) groups is 1. The number of thioether (sulfide) groups is 1. The molecule has 28 heavy (non-hydrogen) atoms. The van der Waals surface area contributed by atoms with Crippen LogP contribution in [0.5, 0.6) is 5.75 Å². The maximum atomic E-state index is 11.9. The van der Waals surface area contributed by atoms with Crippen LogP contribution in [0.15, 0.2) is 48.5 Å². The summed E-state index contributed by atoms with van der Waals surface area (Å²) in [4.78, 5) is 23.7. The fraction of sp³-hybridized carbons (Fsp3) is 0.167. The molecule has 0 fully saturated rings. The lowest BCUT2D eigenvalue weighted by atomic mass is 10.3. The molecule has 2 rings (SSSR count). The van der Waals surface area contributed by atoms with Crippen molar-refractivity contribution >= 4 is 63.9 Å². The van der Waals surface area contributed by atoms with Crippen molar-refractivity contribution in [3.63, 3.8) is 0 Å². The van der Waals surface area contributed by atoms with Gasteiger partial charge < -0.3 is 15.4 Å². The number of carbonyl (C=O) groups is 2. The maximum Gasteiger partial charge on any atom is 0.248 e. The standard InChI is InChI=1S/C18H19ClN4O3S2/c1-26-15-8-6-13(7-9-15)20-16(24)10-28-11-17(25)22-23-18(27)21-14-4-2-12(19)3-5-14/h2-9H,10-11H2,1H3,(H,20,24)(H,22,25)(H2,21,23,27). The van der Waals surface area contributed by atoms with Gasteiger partial charge in [-0.25, -0.2) is 0 Å². The van der Waals surface area contributed by atoms with E-state index in [9.17, 15) is 9.59 Å². The molecule has 4 N–H and O–H groups in total. The number of hydrogen-bond donors (Lipinski definition) is 4. The predicted octanol–water partition coefficient (Wildman–Crippen LogP) is 3.04. The average Bonchev–Trinajstić information content (AvgIpc) is 2.69. The Hall–Kier alpha value is -2.49. The highest BCUT2D eigenvalue weighted by Gasteiger charge is 2.07. The molecule has 0 atom stereocenters. The van der Waals surface area contributed by atoms with Crippen molar-refractivity contribution < 1.29 is 14.3 Å². The van der Waals surface area contributed by atoms with Crippen molar-refractivity contribution in [3.8, 4) is 5.75 Å². The van der Waals surface area contributed by atoms with E-state index in [1.54, 1.807) is 55.6 Å². The summed E-state index contributed by atoms with van der Waals surface area (Å²) in [6.45, 7) is 0. The van der Waals surface area contributed by atoms with Gasteiger partial charge in [-0.3, -0.25) is 20.4 Å². The number of rotatable bonds is 7. The smallest absolute Gasteiger partial charge is 0.248 e. The van der Waals surface area contributed by atoms with Crippen LogP contribution in [0.3, 0.4) is 0 Å². The van der Waals surface area contributed by atoms with Crippen LogP contribution in [-0.2, 0) is 9.59 Å². The van der Waals surface area contributed by atoms with Gasteiger partial charge in [0, 0.05) is 16.4 Å². The molecule has 2 amide bonds. The topological polar surface area (TPSA) is 91.5 Å². The van der Waals surface area contributed by atoms with Crippen LogP contribution in [0.25, 0.3) is 0 Å². The highest BCUT2D eigenvalue weighted by molar-refractivity contribution is 8.00. The molecule has 0 radical (unpaired) electrons. The molecule has 0 aliphatic heterocycles. The van der Waals surface area contributed by atoms with Crippen molar-refractivity contribution in [1.82, 2.24) is 10.9 Å². The van der Waals surface area contributed by atoms with Gasteiger partial charge >= 0.3 is 0 Å². The first-order chi connectivity index (χ1) is 13.5. The van der Waals surface area contributed by atoms with Crippen LogP contribution in [0.4, 0.5) is 11.4 Å². The Labute approximate surface area is 177 Å². The number of amides is 2. The van der Waals surface area contributed by atoms with Gasteiger partial charge in [0.05, 0.1) is 18.6 Å². The fourth-order valence-electron chi connectivity index (χ4n) is 1.97. The van der Waals surface area contributed by atoms with E-state index in [1.165, 1.54) is 11.8 Å². The number of halogens is 1. The second-order valence-corrected chi connectivity index (χ2v) is 7.23. The van der Waals surface area contributed by atoms with Gasteiger partial charge in [0.2, 0.25) is 11.8 Å². The number of hydrogen-bond acceptors (Lipinski definition) is 5. The Morgan fingerprint density at radius 2 is 1.50 bits per heavy atom. The fourth-order valence-corrected chi connectivity index (χ4v) is 2.88. The van der Waals surface area contributed by atoms with Gasteiger partial charge in [-0.2, -0.15) is 0 Å². The summed E-state index contributed by atoms with van der Waals surface area (Å²) in [6.07, 6.45) is 0. The number of nitrogens with one attached hydrogen (secondary N) is 4. The Morgan fingerprint density at radius 1 is 0.929 bits per heavy atom. The lowest BCUT2D eigenvalue weighted by molar-refractivity contribution is -0.119. The molecule has 148 valence electrons. The molecule has 0 aromatic heterocycles. The van der Waals surface area contributed by atoms with Gasteiger partial charge in [0.1, 0.15) is 5.75 Å². The highest BCUT2D eigenvalue weighted by atomic mass is 35.5. The van der Waals surface area contributed by atoms with Crippen LogP contribution in [0.1, 0.15) is 0 Å². The molecule has 0 aliphatic carbocycles. The number of anilines is 2. The third-order valence-corrected chi connectivity index (χ3v) is 4.65. The Bertz CT molecular complexity index is 817. The number of carbonyl (C=O) groups excluding carboxylic acids is 2. The van der Waals surface area contributed by atoms with Crippen LogP contribution in [0, 0.1) is 0 Å². The zero-order valence-electron chi connectivity index (χ0n) is 15.0. The summed E-state index contributed by atoms with van der Waals surface area (Å²) < 4.78 is 5.06. The third kappa shape index (κ3) is 8.03. The van der Waals surface area contributed by atoms with E-state index in [0.717, 1.165) is 5.69 Å². The largest absolute Gasteiger partial charge is 0.497 e. The molecule has 0 saturated heterocycles. The molecule has 7 nitrogen and oxygen atoms in total. The summed E-state index contributed by atoms with van der Waals surface area (Å²) >= 11 is 12.1. The van der Waals surface area contributed by atoms with Crippen molar-refractivity contribution in [1.29, 1.82) is 0 Å². The van der Waals surface area contributed by atoms with Crippen molar-refractivity contribution in [2.45, 2.75) is 0 Å². The maximum absolute atomic E-state index is 11.9. The molecule has 0 aliphatic rings. The summed E-state index contributed by atoms with van der Waals surface area (Å²) in [7, 11) is 1.57. The first kappa shape index (κ1) is 21.8. The molecule has 0 spiro atoms. The van der Waals surface area contributed by atoms with E-state index in [0.29, 0.717) is 16.5 Å². The Morgan fingerprint density at radius 3 is 2.14 bits per heavy atom. The second-order valence-electron chi connectivity index (χ2n) is 5.40. The van der Waals surface area contributed by atoms with Crippen LogP contribution in [0.2, 0.25) is 5.02 Å². The van der Waals surface area contributed by atoms with Gasteiger partial charge in [-0.1, -0.05) is 11.6 Å². The summed E-state index contributed by atoms with van der Waals surface area (Å²) in [6, 6.07) is 14.0. The summed E-state index contributed by atoms with van der Waals surface area (Å²) in [5.41, 5.74) is 6.46. The van der Waals surface area contributed by atoms with Gasteiger partial charge in [0.15, 0.2) is 5.11 Å². The zero-order chi connectivity index (χ0) is 20.4. The molecule has 0 unspecified atom stereocenters. The minimum absolute atomic E-state index is 0.104. The molecular formula is C18H19ClN4O3S2. The number of benzene rings is 2. The zero-order valence-corrected chi connectivity index (χ0v) is 17.3. The molecule has 0 bridgehead atoms. The van der Waals surface area contributed by atoms with E-state index >= 15 is 0 Å². The van der Waals surface area contributed by atoms with Gasteiger partial charge in [-0.05, 0) is 60.7 Å². The average molecular weight is 439 g/mol. The van der Waals surface area contributed by atoms with E-state index in [2.05, 4.69) is 21.5 Å². The minimum Gasteiger partial charge on any atom is -0.497 e. The van der Waals surface area contributed by atoms with E-state index in [-0.39, 0.29) is 28.4 Å². The van der Waals surface area contributed by atoms with Crippen molar-refractivity contribution in [2.75, 3.05) is 29.2 Å². The highest BCUT2D eigenvalue weighted by Crippen LogP contribution is 2.15. The summed E-state index contributed by atoms with van der Waals surface area (Å²) in [5.74, 6) is 0.456. The monoisotopic (exact) mass is 438 g/mol. The number of methoxy groups -OCH3 is 1. The normalized spacial score (nSPS) is 9.93. The van der Waals surface area contributed by atoms with Crippen molar-refractivity contribution in [3.05, 3.63) is 53.6 Å². The molecule has 0 saturated carbocycles. The van der Waals surface area contributed by atoms with E-state index in [1.807, 2.05) is 0 Å². The molecule has 10 heteroatoms. The van der Waals surface area contributed by atoms with Gasteiger partial charge in [-0.15, -0.1) is 11.8 Å². The molecule has 2 aromatic rings. The lowest BCUT2D eigenvalue weighted by Gasteiger charge is -2.11. The minimum atomic E-state index is -0.303. The quantitative estimate of drug-likeness (QED) is 0.390. The lowest BCUT2D eigenvalue weighted by Crippen LogP contribution is -2.44. The third-order valence-electron chi connectivity index (χ3n) is 3.26. The molecule has 2 aromatic carbocycles. The van der Waals surface area contributed by atoms with E-state index < -0.39 is 0 Å². The van der Waals surface area contributed by atoms with Gasteiger partial charge in [0.25, 0.3) is 0 Å². The van der Waals surface area contributed by atoms with E-state index in [4.69, 9.17) is 28.6 Å². The number of ether oxygens (including phenoxy) is 1. The van der Waals surface area contributed by atoms with Crippen molar-refractivity contribution in [2.24, 2.45) is 0 Å². The summed E-state index contributed by atoms with van der Waals surface area (Å²) in [5, 5.41) is 6.50. The molecule has 0 heterocycles. The number of hydrazine groups is 1. The Balaban J connectivity index is 1.61. The predicted molar refractivity (Wildman–Crippen MR) is 118 cm³/mol. The van der Waals surface area contributed by atoms with Crippen LogP contribution in [-0.4, -0.2) is 35.5 Å². The van der Waals surface area contributed by atoms with Crippen LogP contribution >= 0.6 is 35.6 Å². The van der Waals surface area contributed by atoms with Crippen LogP contribution < -0.4 is 26.2 Å². The second kappa shape index (κ2) is 11.4. The SMILES string of the molecule is COc1ccc(NC(=O)CSCC(=O)NNC(=S)Nc2ccc(Cl)cc2)cc1.